The summed E-state index contributed by atoms with van der Waals surface area (Å²) in [5, 5.41) is 38.5. The Balaban J connectivity index is 0.00000461. The number of fused-ring (bicyclic) bond motifs is 1. The van der Waals surface area contributed by atoms with Crippen LogP contribution in [0.1, 0.15) is 31.9 Å². The topological polar surface area (TPSA) is 286 Å². The number of β-lactam (4-membered cyclic amide) rings is 1. The first-order valence-electron chi connectivity index (χ1n) is 12.2. The molecular weight excluding hydrogens is 665 g/mol. The Morgan fingerprint density at radius 3 is 2.51 bits per heavy atom. The number of aromatic amines is 2. The van der Waals surface area contributed by atoms with Gasteiger partial charge in [0.2, 0.25) is 16.6 Å². The van der Waals surface area contributed by atoms with Crippen molar-refractivity contribution in [1.82, 2.24) is 40.9 Å². The molecule has 0 aliphatic carbocycles. The quantitative estimate of drug-likeness (QED) is 0.0659. The van der Waals surface area contributed by atoms with Crippen LogP contribution in [0.2, 0.25) is 0 Å². The van der Waals surface area contributed by atoms with E-state index in [1.54, 1.807) is 0 Å². The Bertz CT molecular complexity index is 1840. The first-order valence-corrected chi connectivity index (χ1v) is 15.0. The van der Waals surface area contributed by atoms with Crippen molar-refractivity contribution < 1.29 is 63.7 Å². The number of carboxylic acid groups (broad SMARTS) is 1. The Hall–Kier alpha value is -4.02. The molecule has 2 aromatic heterocycles. The zero-order valence-electron chi connectivity index (χ0n) is 22.8. The number of primary amides is 1. The largest absolute Gasteiger partial charge is 1.00 e. The minimum atomic E-state index is -1.60. The average molecular weight is 684 g/mol. The van der Waals surface area contributed by atoms with Gasteiger partial charge in [-0.25, -0.2) is 9.89 Å². The molecule has 5 rings (SSSR count). The number of amides is 4. The van der Waals surface area contributed by atoms with Gasteiger partial charge in [-0.05, 0) is 23.3 Å². The minimum absolute atomic E-state index is 0. The van der Waals surface area contributed by atoms with Gasteiger partial charge in [0.1, 0.15) is 23.2 Å². The number of aromatic nitrogens is 5. The Morgan fingerprint density at radius 2 is 1.89 bits per heavy atom. The van der Waals surface area contributed by atoms with Gasteiger partial charge in [-0.1, -0.05) is 35.2 Å². The van der Waals surface area contributed by atoms with Crippen LogP contribution in [0.15, 0.2) is 49.5 Å². The molecule has 1 fully saturated rings. The van der Waals surface area contributed by atoms with Gasteiger partial charge < -0.3 is 31.4 Å². The Morgan fingerprint density at radius 1 is 1.18 bits per heavy atom. The van der Waals surface area contributed by atoms with Crippen molar-refractivity contribution in [2.24, 2.45) is 5.73 Å². The molecule has 22 heteroatoms. The molecule has 3 aromatic rings. The molecule has 0 bridgehead atoms. The third-order valence-corrected chi connectivity index (χ3v) is 9.71. The second-order valence-corrected chi connectivity index (χ2v) is 12.3. The number of thioether (sulfide) groups is 2. The maximum absolute atomic E-state index is 13.4. The summed E-state index contributed by atoms with van der Waals surface area (Å²) in [5.74, 6) is -5.05. The van der Waals surface area contributed by atoms with Gasteiger partial charge in [-0.2, -0.15) is 5.10 Å². The summed E-state index contributed by atoms with van der Waals surface area (Å²) >= 11 is 3.20. The van der Waals surface area contributed by atoms with Crippen LogP contribution in [-0.4, -0.2) is 87.9 Å². The first kappa shape index (κ1) is 33.9. The predicted molar refractivity (Wildman–Crippen MR) is 150 cm³/mol. The number of rotatable bonds is 10. The van der Waals surface area contributed by atoms with Crippen molar-refractivity contribution in [2.75, 3.05) is 11.5 Å². The number of nitrogens with one attached hydrogen (secondary N) is 4. The van der Waals surface area contributed by atoms with Gasteiger partial charge in [0, 0.05) is 11.5 Å². The number of carbonyl (C=O) groups excluding carboxylic acids is 5. The number of aromatic hydroxyl groups is 1. The van der Waals surface area contributed by atoms with E-state index in [2.05, 4.69) is 25.9 Å². The van der Waals surface area contributed by atoms with Gasteiger partial charge in [0.15, 0.2) is 4.34 Å². The van der Waals surface area contributed by atoms with Gasteiger partial charge >= 0.3 is 35.2 Å². The number of phenols is 1. The van der Waals surface area contributed by atoms with Crippen LogP contribution >= 0.6 is 34.9 Å². The Kier molecular flexibility index (Phi) is 10.5. The van der Waals surface area contributed by atoms with E-state index in [9.17, 15) is 43.8 Å². The number of carboxylic acids is 1. The van der Waals surface area contributed by atoms with E-state index in [1.807, 2.05) is 10.1 Å². The molecule has 1 aromatic carbocycles. The molecule has 1 saturated heterocycles. The van der Waals surface area contributed by atoms with Gasteiger partial charge in [0.05, 0.1) is 11.7 Å². The number of nitrogens with two attached hydrogens (primary N) is 1. The minimum Gasteiger partial charge on any atom is -0.543 e. The maximum atomic E-state index is 13.4. The van der Waals surface area contributed by atoms with E-state index in [-0.39, 0.29) is 63.1 Å². The molecule has 0 radical (unpaired) electrons. The van der Waals surface area contributed by atoms with Crippen LogP contribution in [0, 0.1) is 0 Å². The number of hydrogen-bond donors (Lipinski definition) is 6. The van der Waals surface area contributed by atoms with Crippen LogP contribution < -0.4 is 62.3 Å². The zero-order valence-corrected chi connectivity index (χ0v) is 27.2. The molecule has 45 heavy (non-hydrogen) atoms. The van der Waals surface area contributed by atoms with Crippen molar-refractivity contribution in [2.45, 2.75) is 21.8 Å². The normalized spacial score (nSPS) is 17.8. The van der Waals surface area contributed by atoms with Crippen LogP contribution in [0.4, 0.5) is 0 Å². The van der Waals surface area contributed by atoms with E-state index >= 15 is 0 Å². The molecule has 2 aliphatic heterocycles. The third-order valence-electron chi connectivity index (χ3n) is 6.22. The van der Waals surface area contributed by atoms with Crippen molar-refractivity contribution in [3.05, 3.63) is 72.6 Å². The second kappa shape index (κ2) is 14.0. The maximum Gasteiger partial charge on any atom is 1.00 e. The molecule has 0 spiro atoms. The molecule has 2 aliphatic rings. The number of carbonyl (C=O) groups is 5. The standard InChI is InChI=1S/C23H19N9O9S3.Na/c24-14(34)18-29-31-23(44-18)43-6-8-5-42-20-12(19(38)32(20)13(8)21(39)40)26-15(35)10(7-1-3-9(33)4-2-7)25-16(36)11-17(37)27-22(41)30-28-11;/h1-4,10,12,20,33H,5-6H2,(H2,24,34)(H,25,36)(H,26,35)(H,39,40)(H2,27,30,37,41);/q;+1/p-1/t10?,12?,20-;/m1./s1. The van der Waals surface area contributed by atoms with Gasteiger partial charge in [-0.15, -0.1) is 22.0 Å². The fourth-order valence-corrected chi connectivity index (χ4v) is 7.39. The summed E-state index contributed by atoms with van der Waals surface area (Å²) < 4.78 is 0.359. The summed E-state index contributed by atoms with van der Waals surface area (Å²) in [7, 11) is 0. The van der Waals surface area contributed by atoms with E-state index < -0.39 is 64.0 Å². The predicted octanol–water partition coefficient (Wildman–Crippen LogP) is -6.21. The Labute approximate surface area is 284 Å². The molecule has 7 N–H and O–H groups in total. The van der Waals surface area contributed by atoms with Crippen LogP contribution in [-0.2, 0) is 14.4 Å². The zero-order chi connectivity index (χ0) is 31.7. The first-order chi connectivity index (χ1) is 20.9. The second-order valence-electron chi connectivity index (χ2n) is 9.02. The molecule has 3 atom stereocenters. The van der Waals surface area contributed by atoms with E-state index in [4.69, 9.17) is 5.73 Å². The van der Waals surface area contributed by atoms with E-state index in [0.29, 0.717) is 9.91 Å². The number of phenolic OH excluding ortho intramolecular Hbond substituents is 1. The molecule has 18 nitrogen and oxygen atoms in total. The number of hydrogen-bond acceptors (Lipinski definition) is 15. The van der Waals surface area contributed by atoms with Crippen molar-refractivity contribution in [3.8, 4) is 5.75 Å². The van der Waals surface area contributed by atoms with Crippen molar-refractivity contribution >= 4 is 64.5 Å². The summed E-state index contributed by atoms with van der Waals surface area (Å²) in [4.78, 5) is 88.9. The van der Waals surface area contributed by atoms with Crippen LogP contribution in [0.5, 0.6) is 5.75 Å². The van der Waals surface area contributed by atoms with Crippen molar-refractivity contribution in [1.29, 1.82) is 0 Å². The molecular formula is C23H18N9NaO9S3. The van der Waals surface area contributed by atoms with Crippen molar-refractivity contribution in [3.63, 3.8) is 0 Å². The SMILES string of the molecule is NC(=O)c1nnc(SCC2=C(C(=O)[O-])N3C(=O)C(NC(=O)C(NC(=O)c4n[nH]c(=O)[nH]c4=O)c4ccc(O)cc4)[C@H]3SC2)s1.[Na+]. The summed E-state index contributed by atoms with van der Waals surface area (Å²) in [6.45, 7) is 0. The average Bonchev–Trinajstić information content (AvgIpc) is 3.47. The van der Waals surface area contributed by atoms with Crippen LogP contribution in [0.25, 0.3) is 0 Å². The number of aliphatic carboxylic acids is 1. The molecule has 4 heterocycles. The van der Waals surface area contributed by atoms with Crippen LogP contribution in [0.3, 0.4) is 0 Å². The number of benzene rings is 1. The van der Waals surface area contributed by atoms with E-state index in [0.717, 1.165) is 28.0 Å². The molecule has 4 amide bonds. The van der Waals surface area contributed by atoms with Gasteiger partial charge in [0.25, 0.3) is 23.3 Å². The summed E-state index contributed by atoms with van der Waals surface area (Å²) in [6.07, 6.45) is 0. The number of nitrogens with zero attached hydrogens (tertiary/aromatic N) is 4. The third kappa shape index (κ3) is 7.12. The summed E-state index contributed by atoms with van der Waals surface area (Å²) in [6, 6.07) is 2.43. The van der Waals surface area contributed by atoms with Gasteiger partial charge in [-0.3, -0.25) is 33.9 Å². The van der Waals surface area contributed by atoms with E-state index in [1.165, 1.54) is 36.0 Å². The fourth-order valence-electron chi connectivity index (χ4n) is 4.20. The monoisotopic (exact) mass is 683 g/mol. The number of H-pyrrole nitrogens is 2. The fraction of sp³-hybridized carbons (Fsp3) is 0.217. The smallest absolute Gasteiger partial charge is 0.543 e. The summed E-state index contributed by atoms with van der Waals surface area (Å²) in [5.41, 5.74) is 2.50. The molecule has 0 saturated carbocycles. The molecule has 2 unspecified atom stereocenters. The molecule has 228 valence electrons.